The highest BCUT2D eigenvalue weighted by Gasteiger charge is 2.11. The fourth-order valence-corrected chi connectivity index (χ4v) is 3.03. The van der Waals surface area contributed by atoms with Crippen molar-refractivity contribution in [3.05, 3.63) is 82.2 Å². The summed E-state index contributed by atoms with van der Waals surface area (Å²) in [6.45, 7) is 0. The summed E-state index contributed by atoms with van der Waals surface area (Å²) in [6.07, 6.45) is 1.42. The maximum absolute atomic E-state index is 12.3. The average Bonchev–Trinajstić information content (AvgIpc) is 3.16. The molecule has 2 amide bonds. The van der Waals surface area contributed by atoms with Crippen LogP contribution in [-0.2, 0) is 0 Å². The van der Waals surface area contributed by atoms with Gasteiger partial charge >= 0.3 is 0 Å². The first-order valence-corrected chi connectivity index (χ1v) is 9.10. The van der Waals surface area contributed by atoms with Gasteiger partial charge in [0.1, 0.15) is 0 Å². The number of carbonyl (C=O) groups excluding carboxylic acids is 2. The highest BCUT2D eigenvalue weighted by Crippen LogP contribution is 2.19. The van der Waals surface area contributed by atoms with Crippen LogP contribution in [0.25, 0.3) is 0 Å². The third-order valence-electron chi connectivity index (χ3n) is 3.48. The highest BCUT2D eigenvalue weighted by molar-refractivity contribution is 7.80. The Hall–Kier alpha value is -2.87. The van der Waals surface area contributed by atoms with Gasteiger partial charge in [-0.3, -0.25) is 14.9 Å². The number of hydrogen-bond donors (Lipinski definition) is 3. The minimum absolute atomic E-state index is 0.0793. The van der Waals surface area contributed by atoms with E-state index in [1.165, 1.54) is 24.5 Å². The number of hydrogen-bond acceptors (Lipinski definition) is 4. The van der Waals surface area contributed by atoms with E-state index in [0.717, 1.165) is 0 Å². The molecule has 9 heteroatoms. The van der Waals surface area contributed by atoms with E-state index in [4.69, 9.17) is 39.8 Å². The second-order valence-electron chi connectivity index (χ2n) is 5.58. The van der Waals surface area contributed by atoms with Gasteiger partial charge in [0.2, 0.25) is 0 Å². The second kappa shape index (κ2) is 8.88. The van der Waals surface area contributed by atoms with Gasteiger partial charge < -0.3 is 15.1 Å². The first-order chi connectivity index (χ1) is 13.4. The molecule has 2 aromatic carbocycles. The SMILES string of the molecule is O=C(NC(=S)Nc1cccc(NC(=O)c2ccco2)c1)c1cc(Cl)cc(Cl)c1. The number of benzene rings is 2. The lowest BCUT2D eigenvalue weighted by atomic mass is 10.2. The standard InChI is InChI=1S/C19H13Cl2N3O3S/c20-12-7-11(8-13(21)9-12)17(25)24-19(28)23-15-4-1-3-14(10-15)22-18(26)16-5-2-6-27-16/h1-10H,(H,22,26)(H2,23,24,25,28). The van der Waals surface area contributed by atoms with Crippen LogP contribution in [0, 0.1) is 0 Å². The molecule has 3 rings (SSSR count). The van der Waals surface area contributed by atoms with Crippen LogP contribution in [-0.4, -0.2) is 16.9 Å². The summed E-state index contributed by atoms with van der Waals surface area (Å²) >= 11 is 17.0. The van der Waals surface area contributed by atoms with E-state index < -0.39 is 5.91 Å². The Morgan fingerprint density at radius 2 is 1.54 bits per heavy atom. The van der Waals surface area contributed by atoms with E-state index in [1.807, 2.05) is 0 Å². The van der Waals surface area contributed by atoms with E-state index in [1.54, 1.807) is 36.4 Å². The van der Waals surface area contributed by atoms with Gasteiger partial charge in [0.15, 0.2) is 10.9 Å². The maximum Gasteiger partial charge on any atom is 0.291 e. The fourth-order valence-electron chi connectivity index (χ4n) is 2.30. The van der Waals surface area contributed by atoms with E-state index >= 15 is 0 Å². The molecule has 0 radical (unpaired) electrons. The number of furan rings is 1. The summed E-state index contributed by atoms with van der Waals surface area (Å²) < 4.78 is 5.05. The normalized spacial score (nSPS) is 10.2. The second-order valence-corrected chi connectivity index (χ2v) is 6.86. The molecule has 1 heterocycles. The number of halogens is 2. The van der Waals surface area contributed by atoms with Crippen LogP contribution in [0.3, 0.4) is 0 Å². The lowest BCUT2D eigenvalue weighted by Gasteiger charge is -2.11. The molecule has 0 aliphatic carbocycles. The molecule has 6 nitrogen and oxygen atoms in total. The van der Waals surface area contributed by atoms with E-state index in [-0.39, 0.29) is 22.3 Å². The topological polar surface area (TPSA) is 83.4 Å². The Balaban J connectivity index is 1.62. The van der Waals surface area contributed by atoms with Crippen molar-refractivity contribution in [2.24, 2.45) is 0 Å². The molecule has 0 fully saturated rings. The van der Waals surface area contributed by atoms with Crippen molar-refractivity contribution in [2.45, 2.75) is 0 Å². The molecular weight excluding hydrogens is 421 g/mol. The summed E-state index contributed by atoms with van der Waals surface area (Å²) in [5.41, 5.74) is 1.38. The van der Waals surface area contributed by atoms with Gasteiger partial charge in [-0.25, -0.2) is 0 Å². The molecule has 3 N–H and O–H groups in total. The number of rotatable bonds is 4. The molecule has 0 saturated heterocycles. The van der Waals surface area contributed by atoms with Crippen LogP contribution in [0.4, 0.5) is 11.4 Å². The van der Waals surface area contributed by atoms with Crippen molar-refractivity contribution in [1.29, 1.82) is 0 Å². The highest BCUT2D eigenvalue weighted by atomic mass is 35.5. The van der Waals surface area contributed by atoms with Crippen molar-refractivity contribution < 1.29 is 14.0 Å². The summed E-state index contributed by atoms with van der Waals surface area (Å²) in [5.74, 6) is -0.638. The van der Waals surface area contributed by atoms with Crippen LogP contribution >= 0.6 is 35.4 Å². The fraction of sp³-hybridized carbons (Fsp3) is 0. The maximum atomic E-state index is 12.3. The van der Waals surface area contributed by atoms with Crippen molar-refractivity contribution >= 4 is 63.7 Å². The molecular formula is C19H13Cl2N3O3S. The van der Waals surface area contributed by atoms with Gasteiger partial charge in [0, 0.05) is 27.0 Å². The zero-order chi connectivity index (χ0) is 20.1. The summed E-state index contributed by atoms with van der Waals surface area (Å²) in [5, 5.41) is 8.89. The first-order valence-electron chi connectivity index (χ1n) is 7.94. The number of nitrogens with one attached hydrogen (secondary N) is 3. The smallest absolute Gasteiger partial charge is 0.291 e. The lowest BCUT2D eigenvalue weighted by Crippen LogP contribution is -2.34. The number of carbonyl (C=O) groups is 2. The minimum atomic E-state index is -0.454. The third-order valence-corrected chi connectivity index (χ3v) is 4.12. The van der Waals surface area contributed by atoms with Gasteiger partial charge in [0.25, 0.3) is 11.8 Å². The predicted octanol–water partition coefficient (Wildman–Crippen LogP) is 4.97. The zero-order valence-corrected chi connectivity index (χ0v) is 16.5. The predicted molar refractivity (Wildman–Crippen MR) is 113 cm³/mol. The molecule has 28 heavy (non-hydrogen) atoms. The van der Waals surface area contributed by atoms with Crippen molar-refractivity contribution in [1.82, 2.24) is 5.32 Å². The van der Waals surface area contributed by atoms with Crippen LogP contribution < -0.4 is 16.0 Å². The molecule has 142 valence electrons. The zero-order valence-electron chi connectivity index (χ0n) is 14.2. The third kappa shape index (κ3) is 5.32. The molecule has 0 aliphatic rings. The summed E-state index contributed by atoms with van der Waals surface area (Å²) in [7, 11) is 0. The molecule has 0 atom stereocenters. The number of thiocarbonyl (C=S) groups is 1. The summed E-state index contributed by atoms with van der Waals surface area (Å²) in [4.78, 5) is 24.3. The van der Waals surface area contributed by atoms with Crippen LogP contribution in [0.2, 0.25) is 10.0 Å². The monoisotopic (exact) mass is 433 g/mol. The lowest BCUT2D eigenvalue weighted by molar-refractivity contribution is 0.0975. The minimum Gasteiger partial charge on any atom is -0.459 e. The quantitative estimate of drug-likeness (QED) is 0.506. The largest absolute Gasteiger partial charge is 0.459 e. The molecule has 0 bridgehead atoms. The Morgan fingerprint density at radius 1 is 0.857 bits per heavy atom. The Morgan fingerprint density at radius 3 is 2.18 bits per heavy atom. The molecule has 1 aromatic heterocycles. The number of amides is 2. The van der Waals surface area contributed by atoms with E-state index in [2.05, 4.69) is 16.0 Å². The first kappa shape index (κ1) is 19.9. The molecule has 0 saturated carbocycles. The number of anilines is 2. The van der Waals surface area contributed by atoms with Crippen molar-refractivity contribution in [2.75, 3.05) is 10.6 Å². The van der Waals surface area contributed by atoms with Crippen molar-refractivity contribution in [3.8, 4) is 0 Å². The van der Waals surface area contributed by atoms with Crippen LogP contribution in [0.15, 0.2) is 65.3 Å². The van der Waals surface area contributed by atoms with Crippen LogP contribution in [0.5, 0.6) is 0 Å². The molecule has 0 aliphatic heterocycles. The Kier molecular flexibility index (Phi) is 6.30. The van der Waals surface area contributed by atoms with Gasteiger partial charge in [-0.15, -0.1) is 0 Å². The Labute approximate surface area is 175 Å². The van der Waals surface area contributed by atoms with Gasteiger partial charge in [0.05, 0.1) is 6.26 Å². The average molecular weight is 434 g/mol. The van der Waals surface area contributed by atoms with Crippen molar-refractivity contribution in [3.63, 3.8) is 0 Å². The van der Waals surface area contributed by atoms with Gasteiger partial charge in [-0.05, 0) is 60.7 Å². The van der Waals surface area contributed by atoms with Crippen LogP contribution in [0.1, 0.15) is 20.9 Å². The molecule has 3 aromatic rings. The Bertz CT molecular complexity index is 1020. The molecule has 0 unspecified atom stereocenters. The van der Waals surface area contributed by atoms with Gasteiger partial charge in [-0.1, -0.05) is 29.3 Å². The summed E-state index contributed by atoms with van der Waals surface area (Å²) in [6, 6.07) is 14.5. The van der Waals surface area contributed by atoms with Gasteiger partial charge in [-0.2, -0.15) is 0 Å². The van der Waals surface area contributed by atoms with E-state index in [9.17, 15) is 9.59 Å². The molecule has 0 spiro atoms. The van der Waals surface area contributed by atoms with E-state index in [0.29, 0.717) is 21.4 Å².